The van der Waals surface area contributed by atoms with Crippen molar-refractivity contribution in [3.63, 3.8) is 0 Å². The lowest BCUT2D eigenvalue weighted by molar-refractivity contribution is -0.122. The number of hydrogen-bond donors (Lipinski definition) is 1. The molecule has 158 valence electrons. The minimum atomic E-state index is -0.442. The number of hydrogen-bond acceptors (Lipinski definition) is 4. The zero-order valence-electron chi connectivity index (χ0n) is 17.4. The van der Waals surface area contributed by atoms with Gasteiger partial charge >= 0.3 is 6.09 Å². The number of rotatable bonds is 5. The SMILES string of the molecule is CCOCC(=O)N1c2ccccc2CCc2ccc(NC(=O)OC3CCCC3)cc21. The monoisotopic (exact) mass is 408 g/mol. The van der Waals surface area contributed by atoms with Crippen molar-refractivity contribution >= 4 is 29.1 Å². The Morgan fingerprint density at radius 2 is 1.77 bits per heavy atom. The highest BCUT2D eigenvalue weighted by Gasteiger charge is 2.26. The fourth-order valence-corrected chi connectivity index (χ4v) is 4.23. The van der Waals surface area contributed by atoms with E-state index in [-0.39, 0.29) is 18.6 Å². The molecule has 1 N–H and O–H groups in total. The maximum Gasteiger partial charge on any atom is 0.411 e. The average Bonchev–Trinajstić information content (AvgIpc) is 3.19. The summed E-state index contributed by atoms with van der Waals surface area (Å²) in [4.78, 5) is 27.1. The lowest BCUT2D eigenvalue weighted by Crippen LogP contribution is -2.30. The summed E-state index contributed by atoms with van der Waals surface area (Å²) >= 11 is 0. The molecule has 2 aromatic carbocycles. The van der Waals surface area contributed by atoms with Crippen LogP contribution in [0, 0.1) is 0 Å². The summed E-state index contributed by atoms with van der Waals surface area (Å²) in [6.07, 6.45) is 5.28. The van der Waals surface area contributed by atoms with Gasteiger partial charge in [0.05, 0.1) is 11.4 Å². The molecule has 1 aliphatic heterocycles. The summed E-state index contributed by atoms with van der Waals surface area (Å²) in [5.74, 6) is -0.127. The van der Waals surface area contributed by atoms with Gasteiger partial charge in [-0.25, -0.2) is 4.79 Å². The van der Waals surface area contributed by atoms with Gasteiger partial charge < -0.3 is 9.47 Å². The lowest BCUT2D eigenvalue weighted by atomic mass is 10.0. The van der Waals surface area contributed by atoms with E-state index in [0.29, 0.717) is 12.3 Å². The average molecular weight is 408 g/mol. The molecule has 2 aromatic rings. The minimum absolute atomic E-state index is 0.00183. The van der Waals surface area contributed by atoms with E-state index in [2.05, 4.69) is 11.4 Å². The van der Waals surface area contributed by atoms with Crippen LogP contribution in [0.5, 0.6) is 0 Å². The smallest absolute Gasteiger partial charge is 0.411 e. The third kappa shape index (κ3) is 4.49. The van der Waals surface area contributed by atoms with Gasteiger partial charge in [0, 0.05) is 12.3 Å². The highest BCUT2D eigenvalue weighted by atomic mass is 16.6. The number of nitrogens with one attached hydrogen (secondary N) is 1. The summed E-state index contributed by atoms with van der Waals surface area (Å²) < 4.78 is 10.9. The molecule has 2 amide bonds. The number of amides is 2. The fourth-order valence-electron chi connectivity index (χ4n) is 4.23. The molecule has 1 heterocycles. The molecule has 0 bridgehead atoms. The second-order valence-corrected chi connectivity index (χ2v) is 7.78. The summed E-state index contributed by atoms with van der Waals surface area (Å²) in [7, 11) is 0. The number of ether oxygens (including phenoxy) is 2. The van der Waals surface area contributed by atoms with E-state index >= 15 is 0 Å². The van der Waals surface area contributed by atoms with Crippen LogP contribution in [0.1, 0.15) is 43.7 Å². The van der Waals surface area contributed by atoms with Crippen molar-refractivity contribution < 1.29 is 19.1 Å². The van der Waals surface area contributed by atoms with Crippen LogP contribution in [0.2, 0.25) is 0 Å². The van der Waals surface area contributed by atoms with Crippen LogP contribution in [0.15, 0.2) is 42.5 Å². The highest BCUT2D eigenvalue weighted by Crippen LogP contribution is 2.37. The molecule has 0 unspecified atom stereocenters. The van der Waals surface area contributed by atoms with E-state index in [1.54, 1.807) is 4.90 Å². The molecule has 1 saturated carbocycles. The second kappa shape index (κ2) is 9.30. The van der Waals surface area contributed by atoms with Crippen molar-refractivity contribution in [3.8, 4) is 0 Å². The Bertz CT molecular complexity index is 921. The van der Waals surface area contributed by atoms with E-state index < -0.39 is 6.09 Å². The Hall–Kier alpha value is -2.86. The van der Waals surface area contributed by atoms with Gasteiger partial charge in [0.15, 0.2) is 0 Å². The minimum Gasteiger partial charge on any atom is -0.446 e. The van der Waals surface area contributed by atoms with Crippen LogP contribution < -0.4 is 10.2 Å². The van der Waals surface area contributed by atoms with Gasteiger partial charge in [0.1, 0.15) is 12.7 Å². The maximum absolute atomic E-state index is 13.1. The fraction of sp³-hybridized carbons (Fsp3) is 0.417. The number of benzene rings is 2. The predicted octanol–water partition coefficient (Wildman–Crippen LogP) is 4.98. The first kappa shape index (κ1) is 20.4. The highest BCUT2D eigenvalue weighted by molar-refractivity contribution is 6.03. The van der Waals surface area contributed by atoms with Crippen LogP contribution in [0.4, 0.5) is 21.9 Å². The van der Waals surface area contributed by atoms with Gasteiger partial charge in [-0.15, -0.1) is 0 Å². The molecule has 6 heteroatoms. The van der Waals surface area contributed by atoms with Crippen molar-refractivity contribution in [2.24, 2.45) is 0 Å². The van der Waals surface area contributed by atoms with Crippen LogP contribution in [-0.2, 0) is 27.1 Å². The predicted molar refractivity (Wildman–Crippen MR) is 116 cm³/mol. The van der Waals surface area contributed by atoms with E-state index in [0.717, 1.165) is 61.0 Å². The molecular weight excluding hydrogens is 380 g/mol. The normalized spacial score (nSPS) is 15.8. The van der Waals surface area contributed by atoms with Gasteiger partial charge in [0.25, 0.3) is 5.91 Å². The number of nitrogens with zero attached hydrogens (tertiary/aromatic N) is 1. The summed E-state index contributed by atoms with van der Waals surface area (Å²) in [6.45, 7) is 2.35. The molecule has 0 aromatic heterocycles. The molecule has 1 aliphatic carbocycles. The van der Waals surface area contributed by atoms with Crippen molar-refractivity contribution in [3.05, 3.63) is 53.6 Å². The molecule has 1 fully saturated rings. The molecule has 6 nitrogen and oxygen atoms in total. The number of aryl methyl sites for hydroxylation is 2. The quantitative estimate of drug-likeness (QED) is 0.758. The summed E-state index contributed by atoms with van der Waals surface area (Å²) in [6, 6.07) is 13.7. The molecule has 0 saturated heterocycles. The van der Waals surface area contributed by atoms with E-state index in [1.807, 2.05) is 43.3 Å². The van der Waals surface area contributed by atoms with E-state index in [4.69, 9.17) is 9.47 Å². The Morgan fingerprint density at radius 3 is 2.53 bits per heavy atom. The summed E-state index contributed by atoms with van der Waals surface area (Å²) in [5, 5.41) is 2.84. The Balaban J connectivity index is 1.63. The Morgan fingerprint density at radius 1 is 1.03 bits per heavy atom. The number of fused-ring (bicyclic) bond motifs is 2. The van der Waals surface area contributed by atoms with Gasteiger partial charge in [-0.05, 0) is 74.8 Å². The molecule has 0 radical (unpaired) electrons. The van der Waals surface area contributed by atoms with Gasteiger partial charge in [-0.3, -0.25) is 15.0 Å². The molecule has 0 atom stereocenters. The molecular formula is C24H28N2O4. The maximum atomic E-state index is 13.1. The zero-order chi connectivity index (χ0) is 20.9. The van der Waals surface area contributed by atoms with Crippen molar-refractivity contribution in [1.82, 2.24) is 0 Å². The molecule has 30 heavy (non-hydrogen) atoms. The van der Waals surface area contributed by atoms with Gasteiger partial charge in [0.2, 0.25) is 0 Å². The Labute approximate surface area is 177 Å². The van der Waals surface area contributed by atoms with Crippen LogP contribution in [0.25, 0.3) is 0 Å². The third-order valence-electron chi connectivity index (χ3n) is 5.72. The lowest BCUT2D eigenvalue weighted by Gasteiger charge is -2.25. The van der Waals surface area contributed by atoms with E-state index in [9.17, 15) is 9.59 Å². The molecule has 4 rings (SSSR count). The van der Waals surface area contributed by atoms with Crippen LogP contribution in [0.3, 0.4) is 0 Å². The van der Waals surface area contributed by atoms with Gasteiger partial charge in [-0.1, -0.05) is 24.3 Å². The number of para-hydroxylation sites is 1. The number of carbonyl (C=O) groups excluding carboxylic acids is 2. The van der Waals surface area contributed by atoms with Crippen molar-refractivity contribution in [1.29, 1.82) is 0 Å². The molecule has 2 aliphatic rings. The van der Waals surface area contributed by atoms with Gasteiger partial charge in [-0.2, -0.15) is 0 Å². The first-order chi connectivity index (χ1) is 14.7. The first-order valence-corrected chi connectivity index (χ1v) is 10.7. The third-order valence-corrected chi connectivity index (χ3v) is 5.72. The van der Waals surface area contributed by atoms with Crippen LogP contribution in [-0.4, -0.2) is 31.3 Å². The standard InChI is InChI=1S/C24H28N2O4/c1-2-29-16-23(27)26-21-10-6-3-7-17(21)11-12-18-13-14-19(15-22(18)26)25-24(28)30-20-8-4-5-9-20/h3,6-7,10,13-15,20H,2,4-5,8-9,11-12,16H2,1H3,(H,25,28). The molecule has 0 spiro atoms. The number of anilines is 3. The van der Waals surface area contributed by atoms with Crippen molar-refractivity contribution in [2.45, 2.75) is 51.6 Å². The first-order valence-electron chi connectivity index (χ1n) is 10.7. The largest absolute Gasteiger partial charge is 0.446 e. The zero-order valence-corrected chi connectivity index (χ0v) is 17.4. The van der Waals surface area contributed by atoms with Crippen LogP contribution >= 0.6 is 0 Å². The Kier molecular flexibility index (Phi) is 6.33. The second-order valence-electron chi connectivity index (χ2n) is 7.78. The van der Waals surface area contributed by atoms with Crippen molar-refractivity contribution in [2.75, 3.05) is 23.4 Å². The van der Waals surface area contributed by atoms with E-state index in [1.165, 1.54) is 0 Å². The number of carbonyl (C=O) groups is 2. The summed E-state index contributed by atoms with van der Waals surface area (Å²) in [5.41, 5.74) is 4.44. The topological polar surface area (TPSA) is 67.9 Å².